The Kier molecular flexibility index (Phi) is 6.02. The highest BCUT2D eigenvalue weighted by atomic mass is 16.5. The van der Waals surface area contributed by atoms with Gasteiger partial charge in [-0.25, -0.2) is 0 Å². The van der Waals surface area contributed by atoms with Gasteiger partial charge in [0, 0.05) is 25.7 Å². The highest BCUT2D eigenvalue weighted by Crippen LogP contribution is 2.27. The summed E-state index contributed by atoms with van der Waals surface area (Å²) < 4.78 is 5.86. The number of amides is 1. The summed E-state index contributed by atoms with van der Waals surface area (Å²) in [7, 11) is 3.47. The minimum atomic E-state index is -0.486. The second kappa shape index (κ2) is 7.29. The van der Waals surface area contributed by atoms with E-state index in [1.807, 2.05) is 12.1 Å². The van der Waals surface area contributed by atoms with Crippen LogP contribution in [0, 0.1) is 6.92 Å². The van der Waals surface area contributed by atoms with E-state index in [9.17, 15) is 4.79 Å². The highest BCUT2D eigenvalue weighted by Gasteiger charge is 2.19. The first-order chi connectivity index (χ1) is 9.36. The van der Waals surface area contributed by atoms with Gasteiger partial charge in [0.25, 0.3) is 5.91 Å². The number of ether oxygens (including phenoxy) is 1. The Hall–Kier alpha value is -1.55. The molecule has 4 nitrogen and oxygen atoms in total. The molecule has 0 aliphatic rings. The smallest absolute Gasteiger partial charge is 0.262 e. The van der Waals surface area contributed by atoms with E-state index in [-0.39, 0.29) is 11.9 Å². The Morgan fingerprint density at radius 3 is 2.55 bits per heavy atom. The first-order valence-electron chi connectivity index (χ1n) is 7.08. The maximum Gasteiger partial charge on any atom is 0.262 e. The van der Waals surface area contributed by atoms with Crippen molar-refractivity contribution in [1.82, 2.24) is 10.2 Å². The molecule has 1 aromatic carbocycles. The van der Waals surface area contributed by atoms with Gasteiger partial charge in [0.15, 0.2) is 6.10 Å². The molecule has 1 rings (SSSR count). The zero-order valence-corrected chi connectivity index (χ0v) is 13.4. The average molecular weight is 278 g/mol. The second-order valence-electron chi connectivity index (χ2n) is 5.31. The summed E-state index contributed by atoms with van der Waals surface area (Å²) >= 11 is 0. The fourth-order valence-electron chi connectivity index (χ4n) is 2.13. The van der Waals surface area contributed by atoms with Crippen molar-refractivity contribution in [2.45, 2.75) is 39.8 Å². The third-order valence-electron chi connectivity index (χ3n) is 3.23. The third-order valence-corrected chi connectivity index (χ3v) is 3.23. The molecule has 1 N–H and O–H groups in total. The Balaban J connectivity index is 2.97. The van der Waals surface area contributed by atoms with Crippen LogP contribution < -0.4 is 10.1 Å². The van der Waals surface area contributed by atoms with Gasteiger partial charge >= 0.3 is 0 Å². The summed E-state index contributed by atoms with van der Waals surface area (Å²) in [5, 5.41) is 3.38. The van der Waals surface area contributed by atoms with E-state index < -0.39 is 6.10 Å². The lowest BCUT2D eigenvalue weighted by Crippen LogP contribution is -2.35. The number of carbonyl (C=O) groups is 1. The lowest BCUT2D eigenvalue weighted by atomic mass is 10.0. The molecule has 2 atom stereocenters. The van der Waals surface area contributed by atoms with Crippen LogP contribution in [0.15, 0.2) is 18.2 Å². The fraction of sp³-hybridized carbons (Fsp3) is 0.562. The molecule has 112 valence electrons. The largest absolute Gasteiger partial charge is 0.481 e. The number of nitrogens with one attached hydrogen (secondary N) is 1. The molecule has 0 saturated heterocycles. The second-order valence-corrected chi connectivity index (χ2v) is 5.31. The molecule has 4 heteroatoms. The van der Waals surface area contributed by atoms with Gasteiger partial charge in [-0.1, -0.05) is 24.6 Å². The molecule has 0 spiro atoms. The standard InChI is InChI=1S/C16H26N2O2/c1-7-17-12(3)14-10-11(2)8-9-15(14)20-13(4)16(19)18(5)6/h8-10,12-13,17H,7H2,1-6H3. The topological polar surface area (TPSA) is 41.6 Å². The van der Waals surface area contributed by atoms with Crippen molar-refractivity contribution >= 4 is 5.91 Å². The summed E-state index contributed by atoms with van der Waals surface area (Å²) in [6.07, 6.45) is -0.486. The van der Waals surface area contributed by atoms with E-state index in [4.69, 9.17) is 4.74 Å². The van der Waals surface area contributed by atoms with E-state index in [2.05, 4.69) is 32.2 Å². The molecule has 0 heterocycles. The Labute approximate surface area is 122 Å². The number of benzene rings is 1. The number of hydrogen-bond acceptors (Lipinski definition) is 3. The minimum Gasteiger partial charge on any atom is -0.481 e. The third kappa shape index (κ3) is 4.23. The van der Waals surface area contributed by atoms with Crippen molar-refractivity contribution in [2.24, 2.45) is 0 Å². The van der Waals surface area contributed by atoms with Crippen molar-refractivity contribution in [3.8, 4) is 5.75 Å². The number of carbonyl (C=O) groups excluding carboxylic acids is 1. The van der Waals surface area contributed by atoms with E-state index in [0.29, 0.717) is 0 Å². The van der Waals surface area contributed by atoms with Gasteiger partial charge in [-0.2, -0.15) is 0 Å². The number of likely N-dealkylation sites (N-methyl/N-ethyl adjacent to an activating group) is 1. The number of rotatable bonds is 6. The van der Waals surface area contributed by atoms with E-state index in [1.54, 1.807) is 25.9 Å². The van der Waals surface area contributed by atoms with Crippen LogP contribution in [-0.2, 0) is 4.79 Å². The van der Waals surface area contributed by atoms with Gasteiger partial charge in [0.2, 0.25) is 0 Å². The quantitative estimate of drug-likeness (QED) is 0.869. The average Bonchev–Trinajstić information content (AvgIpc) is 2.39. The maximum absolute atomic E-state index is 11.9. The Bertz CT molecular complexity index is 458. The van der Waals surface area contributed by atoms with Gasteiger partial charge in [0.1, 0.15) is 5.75 Å². The lowest BCUT2D eigenvalue weighted by Gasteiger charge is -2.22. The summed E-state index contributed by atoms with van der Waals surface area (Å²) in [5.41, 5.74) is 2.27. The van der Waals surface area contributed by atoms with E-state index in [1.165, 1.54) is 5.56 Å². The van der Waals surface area contributed by atoms with Crippen LogP contribution in [-0.4, -0.2) is 37.6 Å². The Morgan fingerprint density at radius 1 is 1.35 bits per heavy atom. The molecule has 0 aliphatic carbocycles. The molecule has 0 fully saturated rings. The Morgan fingerprint density at radius 2 is 2.00 bits per heavy atom. The predicted molar refractivity (Wildman–Crippen MR) is 82.1 cm³/mol. The van der Waals surface area contributed by atoms with E-state index >= 15 is 0 Å². The van der Waals surface area contributed by atoms with Crippen molar-refractivity contribution < 1.29 is 9.53 Å². The van der Waals surface area contributed by atoms with Crippen LogP contribution >= 0.6 is 0 Å². The van der Waals surface area contributed by atoms with Crippen LogP contribution in [0.25, 0.3) is 0 Å². The van der Waals surface area contributed by atoms with E-state index in [0.717, 1.165) is 17.9 Å². The van der Waals surface area contributed by atoms with Gasteiger partial charge < -0.3 is 15.0 Å². The van der Waals surface area contributed by atoms with Crippen molar-refractivity contribution in [1.29, 1.82) is 0 Å². The molecule has 1 aromatic rings. The van der Waals surface area contributed by atoms with Gasteiger partial charge in [-0.05, 0) is 33.4 Å². The van der Waals surface area contributed by atoms with Crippen LogP contribution in [0.4, 0.5) is 0 Å². The molecular formula is C16H26N2O2. The van der Waals surface area contributed by atoms with Crippen molar-refractivity contribution in [3.05, 3.63) is 29.3 Å². The first-order valence-corrected chi connectivity index (χ1v) is 7.08. The number of aryl methyl sites for hydroxylation is 1. The molecule has 0 saturated carbocycles. The molecule has 2 unspecified atom stereocenters. The van der Waals surface area contributed by atoms with Gasteiger partial charge in [0.05, 0.1) is 0 Å². The van der Waals surface area contributed by atoms with Crippen LogP contribution in [0.1, 0.15) is 37.9 Å². The summed E-state index contributed by atoms with van der Waals surface area (Å²) in [4.78, 5) is 13.5. The molecular weight excluding hydrogens is 252 g/mol. The number of nitrogens with zero attached hydrogens (tertiary/aromatic N) is 1. The van der Waals surface area contributed by atoms with Crippen LogP contribution in [0.2, 0.25) is 0 Å². The molecule has 0 bridgehead atoms. The van der Waals surface area contributed by atoms with Crippen LogP contribution in [0.3, 0.4) is 0 Å². The van der Waals surface area contributed by atoms with Gasteiger partial charge in [-0.15, -0.1) is 0 Å². The molecule has 1 amide bonds. The summed E-state index contributed by atoms with van der Waals surface area (Å²) in [5.74, 6) is 0.736. The van der Waals surface area contributed by atoms with Crippen LogP contribution in [0.5, 0.6) is 5.75 Å². The zero-order valence-electron chi connectivity index (χ0n) is 13.4. The molecule has 0 aliphatic heterocycles. The molecule has 0 aromatic heterocycles. The minimum absolute atomic E-state index is 0.0346. The summed E-state index contributed by atoms with van der Waals surface area (Å²) in [6, 6.07) is 6.24. The van der Waals surface area contributed by atoms with Gasteiger partial charge in [-0.3, -0.25) is 4.79 Å². The van der Waals surface area contributed by atoms with Crippen molar-refractivity contribution in [2.75, 3.05) is 20.6 Å². The highest BCUT2D eigenvalue weighted by molar-refractivity contribution is 5.80. The predicted octanol–water partition coefficient (Wildman–Crippen LogP) is 2.52. The SMILES string of the molecule is CCNC(C)c1cc(C)ccc1OC(C)C(=O)N(C)C. The lowest BCUT2D eigenvalue weighted by molar-refractivity contribution is -0.135. The number of hydrogen-bond donors (Lipinski definition) is 1. The summed E-state index contributed by atoms with van der Waals surface area (Å²) in [6.45, 7) is 8.90. The normalized spacial score (nSPS) is 13.7. The first kappa shape index (κ1) is 16.5. The van der Waals surface area contributed by atoms with Crippen molar-refractivity contribution in [3.63, 3.8) is 0 Å². The fourth-order valence-corrected chi connectivity index (χ4v) is 2.13. The maximum atomic E-state index is 11.9. The molecule has 0 radical (unpaired) electrons. The molecule has 20 heavy (non-hydrogen) atoms. The zero-order chi connectivity index (χ0) is 15.3. The monoisotopic (exact) mass is 278 g/mol.